The molecule has 2 fully saturated rings. The van der Waals surface area contributed by atoms with Gasteiger partial charge in [0.1, 0.15) is 5.75 Å². The predicted octanol–water partition coefficient (Wildman–Crippen LogP) is 10.4. The highest BCUT2D eigenvalue weighted by Gasteiger charge is 2.24. The molecule has 3 rings (SSSR count). The second kappa shape index (κ2) is 15.1. The largest absolute Gasteiger partial charge is 0.493 e. The van der Waals surface area contributed by atoms with Crippen molar-refractivity contribution >= 4 is 0 Å². The van der Waals surface area contributed by atoms with E-state index < -0.39 is 0 Å². The molecule has 0 atom stereocenters. The van der Waals surface area contributed by atoms with Gasteiger partial charge in [-0.1, -0.05) is 97.0 Å². The van der Waals surface area contributed by atoms with E-state index in [9.17, 15) is 0 Å². The summed E-state index contributed by atoms with van der Waals surface area (Å²) < 4.78 is 6.30. The second-order valence-electron chi connectivity index (χ2n) is 11.6. The first-order chi connectivity index (χ1) is 16.2. The lowest BCUT2D eigenvalue weighted by atomic mass is 9.76. The van der Waals surface area contributed by atoms with Crippen LogP contribution in [-0.2, 0) is 0 Å². The molecule has 0 radical (unpaired) electrons. The molecule has 0 unspecified atom stereocenters. The van der Waals surface area contributed by atoms with Gasteiger partial charge < -0.3 is 4.74 Å². The summed E-state index contributed by atoms with van der Waals surface area (Å²) >= 11 is 0. The average molecular weight is 455 g/mol. The molecule has 33 heavy (non-hydrogen) atoms. The molecule has 2 aliphatic rings. The molecule has 1 nitrogen and oxygen atoms in total. The van der Waals surface area contributed by atoms with Gasteiger partial charge in [-0.05, 0) is 92.4 Å². The first-order valence-electron chi connectivity index (χ1n) is 14.9. The Morgan fingerprint density at radius 1 is 0.667 bits per heavy atom. The number of hydrogen-bond donors (Lipinski definition) is 0. The standard InChI is InChI=1S/C32H54O/c1-4-6-7-8-9-10-11-13-28-14-16-29(17-15-28)25-33-31-22-23-32(26(3)24-31)30-20-18-27(12-5-2)19-21-30/h22-24,27-30H,4-21,25H2,1-3H3. The minimum absolute atomic E-state index is 0.768. The molecule has 188 valence electrons. The number of unbranched alkanes of at least 4 members (excludes halogenated alkanes) is 6. The molecule has 1 heteroatoms. The summed E-state index contributed by atoms with van der Waals surface area (Å²) in [6.45, 7) is 7.86. The van der Waals surface area contributed by atoms with Crippen LogP contribution in [0.1, 0.15) is 146 Å². The van der Waals surface area contributed by atoms with Gasteiger partial charge in [-0.25, -0.2) is 0 Å². The van der Waals surface area contributed by atoms with E-state index in [0.717, 1.165) is 36.0 Å². The van der Waals surface area contributed by atoms with Gasteiger partial charge in [0.2, 0.25) is 0 Å². The maximum absolute atomic E-state index is 6.30. The van der Waals surface area contributed by atoms with Crippen LogP contribution in [0.3, 0.4) is 0 Å². The molecule has 0 heterocycles. The van der Waals surface area contributed by atoms with Crippen molar-refractivity contribution < 1.29 is 4.74 Å². The van der Waals surface area contributed by atoms with Crippen LogP contribution >= 0.6 is 0 Å². The van der Waals surface area contributed by atoms with E-state index in [1.54, 1.807) is 5.56 Å². The molecule has 2 aliphatic carbocycles. The highest BCUT2D eigenvalue weighted by atomic mass is 16.5. The molecule has 0 bridgehead atoms. The molecule has 0 saturated heterocycles. The maximum Gasteiger partial charge on any atom is 0.119 e. The zero-order valence-electron chi connectivity index (χ0n) is 22.4. The van der Waals surface area contributed by atoms with Crippen molar-refractivity contribution in [2.24, 2.45) is 17.8 Å². The van der Waals surface area contributed by atoms with E-state index in [-0.39, 0.29) is 0 Å². The monoisotopic (exact) mass is 454 g/mol. The summed E-state index contributed by atoms with van der Waals surface area (Å²) in [5, 5.41) is 0. The van der Waals surface area contributed by atoms with Crippen molar-refractivity contribution in [1.82, 2.24) is 0 Å². The van der Waals surface area contributed by atoms with Gasteiger partial charge in [-0.3, -0.25) is 0 Å². The molecule has 0 amide bonds. The van der Waals surface area contributed by atoms with Gasteiger partial charge in [0.25, 0.3) is 0 Å². The summed E-state index contributed by atoms with van der Waals surface area (Å²) in [7, 11) is 0. The summed E-state index contributed by atoms with van der Waals surface area (Å²) in [6.07, 6.45) is 25.6. The Kier molecular flexibility index (Phi) is 12.2. The third kappa shape index (κ3) is 9.29. The van der Waals surface area contributed by atoms with E-state index in [1.807, 2.05) is 0 Å². The molecule has 0 N–H and O–H groups in total. The average Bonchev–Trinajstić information content (AvgIpc) is 2.84. The minimum atomic E-state index is 0.768. The van der Waals surface area contributed by atoms with Crippen LogP contribution in [-0.4, -0.2) is 6.61 Å². The van der Waals surface area contributed by atoms with Crippen LogP contribution < -0.4 is 4.74 Å². The second-order valence-corrected chi connectivity index (χ2v) is 11.6. The number of aryl methyl sites for hydroxylation is 1. The zero-order chi connectivity index (χ0) is 23.3. The smallest absolute Gasteiger partial charge is 0.119 e. The topological polar surface area (TPSA) is 9.23 Å². The molecule has 0 spiro atoms. The minimum Gasteiger partial charge on any atom is -0.493 e. The van der Waals surface area contributed by atoms with Crippen LogP contribution in [0.4, 0.5) is 0 Å². The van der Waals surface area contributed by atoms with Gasteiger partial charge in [-0.15, -0.1) is 0 Å². The first-order valence-corrected chi connectivity index (χ1v) is 14.9. The molecular formula is C32H54O. The Bertz CT molecular complexity index is 634. The number of hydrogen-bond acceptors (Lipinski definition) is 1. The van der Waals surface area contributed by atoms with Gasteiger partial charge in [0.15, 0.2) is 0 Å². The van der Waals surface area contributed by atoms with E-state index in [1.165, 1.54) is 121 Å². The van der Waals surface area contributed by atoms with Crippen molar-refractivity contribution in [3.8, 4) is 5.75 Å². The van der Waals surface area contributed by atoms with Crippen molar-refractivity contribution in [2.45, 2.75) is 142 Å². The van der Waals surface area contributed by atoms with Crippen LogP contribution in [0.25, 0.3) is 0 Å². The van der Waals surface area contributed by atoms with Gasteiger partial charge in [-0.2, -0.15) is 0 Å². The number of benzene rings is 1. The van der Waals surface area contributed by atoms with Crippen LogP contribution in [0.2, 0.25) is 0 Å². The fourth-order valence-electron chi connectivity index (χ4n) is 6.66. The quantitative estimate of drug-likeness (QED) is 0.254. The summed E-state index contributed by atoms with van der Waals surface area (Å²) in [5.41, 5.74) is 3.04. The van der Waals surface area contributed by atoms with E-state index in [2.05, 4.69) is 39.0 Å². The van der Waals surface area contributed by atoms with Crippen LogP contribution in [0.15, 0.2) is 18.2 Å². The van der Waals surface area contributed by atoms with Crippen molar-refractivity contribution in [2.75, 3.05) is 6.61 Å². The van der Waals surface area contributed by atoms with Gasteiger partial charge in [0, 0.05) is 0 Å². The maximum atomic E-state index is 6.30. The number of ether oxygens (including phenoxy) is 1. The van der Waals surface area contributed by atoms with Crippen LogP contribution in [0, 0.1) is 24.7 Å². The Labute approximate surface area is 206 Å². The van der Waals surface area contributed by atoms with Gasteiger partial charge >= 0.3 is 0 Å². The Morgan fingerprint density at radius 3 is 1.94 bits per heavy atom. The zero-order valence-corrected chi connectivity index (χ0v) is 22.4. The van der Waals surface area contributed by atoms with Gasteiger partial charge in [0.05, 0.1) is 6.61 Å². The molecule has 0 aromatic heterocycles. The van der Waals surface area contributed by atoms with Crippen molar-refractivity contribution in [3.63, 3.8) is 0 Å². The molecule has 2 saturated carbocycles. The molecule has 1 aromatic carbocycles. The molecule has 0 aliphatic heterocycles. The Balaban J connectivity index is 1.30. The SMILES string of the molecule is CCCCCCCCCC1CCC(COc2ccc(C3CCC(CCC)CC3)c(C)c2)CC1. The van der Waals surface area contributed by atoms with Crippen LogP contribution in [0.5, 0.6) is 5.75 Å². The molecule has 1 aromatic rings. The Morgan fingerprint density at radius 2 is 1.27 bits per heavy atom. The van der Waals surface area contributed by atoms with E-state index in [4.69, 9.17) is 4.74 Å². The van der Waals surface area contributed by atoms with E-state index >= 15 is 0 Å². The summed E-state index contributed by atoms with van der Waals surface area (Å²) in [6, 6.07) is 6.96. The third-order valence-corrected chi connectivity index (χ3v) is 8.89. The lowest BCUT2D eigenvalue weighted by molar-refractivity contribution is 0.177. The Hall–Kier alpha value is -0.980. The lowest BCUT2D eigenvalue weighted by Gasteiger charge is -2.30. The summed E-state index contributed by atoms with van der Waals surface area (Å²) in [5.74, 6) is 4.62. The van der Waals surface area contributed by atoms with Crippen molar-refractivity contribution in [3.05, 3.63) is 29.3 Å². The fourth-order valence-corrected chi connectivity index (χ4v) is 6.66. The number of rotatable bonds is 14. The highest BCUT2D eigenvalue weighted by molar-refractivity contribution is 5.37. The first kappa shape index (κ1) is 26.6. The molecular weight excluding hydrogens is 400 g/mol. The van der Waals surface area contributed by atoms with E-state index in [0.29, 0.717) is 0 Å². The highest BCUT2D eigenvalue weighted by Crippen LogP contribution is 2.39. The summed E-state index contributed by atoms with van der Waals surface area (Å²) in [4.78, 5) is 0. The fraction of sp³-hybridized carbons (Fsp3) is 0.812. The normalized spacial score (nSPS) is 25.8. The van der Waals surface area contributed by atoms with Crippen molar-refractivity contribution in [1.29, 1.82) is 0 Å². The predicted molar refractivity (Wildman–Crippen MR) is 144 cm³/mol. The third-order valence-electron chi connectivity index (χ3n) is 8.89. The lowest BCUT2D eigenvalue weighted by Crippen LogP contribution is -2.20.